The maximum absolute atomic E-state index is 4.76. The minimum absolute atomic E-state index is 0.0433. The Morgan fingerprint density at radius 3 is 2.50 bits per heavy atom. The number of rotatable bonds is 1. The Morgan fingerprint density at radius 1 is 1.70 bits per heavy atom. The molecule has 0 aliphatic carbocycles. The maximum Gasteiger partial charge on any atom is 0.314 e. The molecule has 0 saturated carbocycles. The Kier molecular flexibility index (Phi) is 2.14. The van der Waals surface area contributed by atoms with Crippen molar-refractivity contribution in [3.63, 3.8) is 0 Å². The second kappa shape index (κ2) is 2.61. The van der Waals surface area contributed by atoms with Gasteiger partial charge in [0.25, 0.3) is 0 Å². The highest BCUT2D eigenvalue weighted by molar-refractivity contribution is 14.1. The van der Waals surface area contributed by atoms with Gasteiger partial charge in [0.1, 0.15) is 0 Å². The van der Waals surface area contributed by atoms with Crippen molar-refractivity contribution in [2.75, 3.05) is 0 Å². The Labute approximate surface area is 77.3 Å². The van der Waals surface area contributed by atoms with Gasteiger partial charge in [-0.3, -0.25) is 0 Å². The minimum atomic E-state index is -0.0433. The van der Waals surface area contributed by atoms with Crippen LogP contribution in [0.25, 0.3) is 0 Å². The Hall–Kier alpha value is 0.0900. The largest absolute Gasteiger partial charge is 0.348 e. The molecule has 0 aliphatic heterocycles. The number of hydrogen-bond acceptors (Lipinski definition) is 3. The van der Waals surface area contributed by atoms with E-state index in [0.29, 0.717) is 0 Å². The zero-order valence-electron chi connectivity index (χ0n) is 5.64. The standard InChI is InChI=1S/C5H7IN2OS/c1-5(2,6)3-7-4(10)9-8-3/h1-2H3,(H,7,8,10). The minimum Gasteiger partial charge on any atom is -0.348 e. The molecule has 10 heavy (non-hydrogen) atoms. The van der Waals surface area contributed by atoms with Crippen molar-refractivity contribution in [3.8, 4) is 0 Å². The van der Waals surface area contributed by atoms with E-state index >= 15 is 0 Å². The molecule has 1 rings (SSSR count). The molecule has 3 nitrogen and oxygen atoms in total. The second-order valence-corrected chi connectivity index (χ2v) is 5.45. The molecular formula is C5H7IN2OS. The third-order valence-corrected chi connectivity index (χ3v) is 1.69. The van der Waals surface area contributed by atoms with E-state index in [1.165, 1.54) is 0 Å². The van der Waals surface area contributed by atoms with E-state index < -0.39 is 0 Å². The van der Waals surface area contributed by atoms with Crippen LogP contribution in [0.4, 0.5) is 0 Å². The molecule has 1 aromatic rings. The van der Waals surface area contributed by atoms with Crippen molar-refractivity contribution in [2.45, 2.75) is 17.3 Å². The molecule has 0 atom stereocenters. The summed E-state index contributed by atoms with van der Waals surface area (Å²) in [7, 11) is 0. The fourth-order valence-corrected chi connectivity index (χ4v) is 0.847. The highest BCUT2D eigenvalue weighted by atomic mass is 127. The van der Waals surface area contributed by atoms with Gasteiger partial charge in [0.15, 0.2) is 5.82 Å². The lowest BCUT2D eigenvalue weighted by molar-refractivity contribution is 0.394. The number of hydrogen-bond donors (Lipinski definition) is 1. The fraction of sp³-hybridized carbons (Fsp3) is 0.600. The predicted molar refractivity (Wildman–Crippen MR) is 48.7 cm³/mol. The summed E-state index contributed by atoms with van der Waals surface area (Å²) in [6.45, 7) is 4.05. The normalized spacial score (nSPS) is 11.9. The summed E-state index contributed by atoms with van der Waals surface area (Å²) in [6.07, 6.45) is 0. The summed E-state index contributed by atoms with van der Waals surface area (Å²) < 4.78 is 4.72. The number of H-pyrrole nitrogens is 1. The first kappa shape index (κ1) is 8.19. The number of nitrogens with one attached hydrogen (secondary N) is 1. The maximum atomic E-state index is 4.76. The van der Waals surface area contributed by atoms with Crippen molar-refractivity contribution in [2.24, 2.45) is 0 Å². The lowest BCUT2D eigenvalue weighted by Gasteiger charge is -2.09. The van der Waals surface area contributed by atoms with Crippen LogP contribution in [-0.2, 0) is 3.42 Å². The highest BCUT2D eigenvalue weighted by Crippen LogP contribution is 2.26. The second-order valence-electron chi connectivity index (χ2n) is 2.40. The lowest BCUT2D eigenvalue weighted by Crippen LogP contribution is -2.08. The summed E-state index contributed by atoms with van der Waals surface area (Å²) >= 11 is 6.95. The molecular weight excluding hydrogens is 263 g/mol. The van der Waals surface area contributed by atoms with Crippen LogP contribution in [0, 0.1) is 4.84 Å². The number of alkyl halides is 1. The molecule has 1 aromatic heterocycles. The van der Waals surface area contributed by atoms with Gasteiger partial charge in [-0.25, -0.2) is 5.16 Å². The Morgan fingerprint density at radius 2 is 2.30 bits per heavy atom. The average molecular weight is 270 g/mol. The van der Waals surface area contributed by atoms with Crippen LogP contribution in [-0.4, -0.2) is 10.1 Å². The van der Waals surface area contributed by atoms with Crippen LogP contribution in [0.2, 0.25) is 0 Å². The van der Waals surface area contributed by atoms with Crippen molar-refractivity contribution in [1.82, 2.24) is 10.1 Å². The van der Waals surface area contributed by atoms with Crippen LogP contribution in [0.5, 0.6) is 0 Å². The van der Waals surface area contributed by atoms with E-state index in [0.717, 1.165) is 5.82 Å². The van der Waals surface area contributed by atoms with Crippen molar-refractivity contribution < 1.29 is 4.52 Å². The first-order valence-corrected chi connectivity index (χ1v) is 4.24. The van der Waals surface area contributed by atoms with Gasteiger partial charge in [-0.05, 0) is 26.1 Å². The molecule has 0 aliphatic rings. The highest BCUT2D eigenvalue weighted by Gasteiger charge is 2.19. The number of halogens is 1. The summed E-state index contributed by atoms with van der Waals surface area (Å²) in [6, 6.07) is 0. The van der Waals surface area contributed by atoms with Gasteiger partial charge in [0, 0.05) is 0 Å². The molecule has 0 saturated heterocycles. The Bertz CT molecular complexity index is 272. The average Bonchev–Trinajstić information content (AvgIpc) is 2.11. The van der Waals surface area contributed by atoms with Gasteiger partial charge >= 0.3 is 4.84 Å². The third kappa shape index (κ3) is 1.79. The monoisotopic (exact) mass is 270 g/mol. The van der Waals surface area contributed by atoms with E-state index in [4.69, 9.17) is 4.52 Å². The van der Waals surface area contributed by atoms with Crippen LogP contribution in [0.15, 0.2) is 4.52 Å². The topological polar surface area (TPSA) is 41.8 Å². The molecule has 0 radical (unpaired) electrons. The summed E-state index contributed by atoms with van der Waals surface area (Å²) in [5.74, 6) is 0.776. The summed E-state index contributed by atoms with van der Waals surface area (Å²) in [5.41, 5.74) is 0. The third-order valence-electron chi connectivity index (χ3n) is 1.00. The van der Waals surface area contributed by atoms with Crippen molar-refractivity contribution in [1.29, 1.82) is 0 Å². The fourth-order valence-electron chi connectivity index (χ4n) is 0.483. The van der Waals surface area contributed by atoms with E-state index in [1.54, 1.807) is 0 Å². The van der Waals surface area contributed by atoms with Crippen LogP contribution in [0.3, 0.4) is 0 Å². The van der Waals surface area contributed by atoms with Gasteiger partial charge in [0.05, 0.1) is 3.42 Å². The number of aromatic nitrogens is 2. The molecule has 0 bridgehead atoms. The van der Waals surface area contributed by atoms with E-state index in [1.807, 2.05) is 13.8 Å². The molecule has 0 aromatic carbocycles. The molecule has 0 spiro atoms. The summed E-state index contributed by atoms with van der Waals surface area (Å²) in [5, 5.41) is 2.65. The smallest absolute Gasteiger partial charge is 0.314 e. The van der Waals surface area contributed by atoms with Crippen LogP contribution in [0.1, 0.15) is 19.7 Å². The summed E-state index contributed by atoms with van der Waals surface area (Å²) in [4.78, 5) is 4.23. The van der Waals surface area contributed by atoms with Gasteiger partial charge in [-0.15, -0.1) is 0 Å². The SMILES string of the molecule is CC(C)(I)c1nc(=S)o[nH]1. The quantitative estimate of drug-likeness (QED) is 0.484. The van der Waals surface area contributed by atoms with Gasteiger partial charge in [-0.2, -0.15) is 4.98 Å². The zero-order valence-corrected chi connectivity index (χ0v) is 8.62. The predicted octanol–water partition coefficient (Wildman–Crippen LogP) is 2.40. The van der Waals surface area contributed by atoms with Crippen LogP contribution < -0.4 is 0 Å². The van der Waals surface area contributed by atoms with E-state index in [9.17, 15) is 0 Å². The van der Waals surface area contributed by atoms with Gasteiger partial charge in [-0.1, -0.05) is 22.6 Å². The first-order chi connectivity index (χ1) is 4.50. The number of aromatic amines is 1. The molecule has 0 amide bonds. The van der Waals surface area contributed by atoms with E-state index in [-0.39, 0.29) is 8.26 Å². The molecule has 1 heterocycles. The van der Waals surface area contributed by atoms with Crippen molar-refractivity contribution >= 4 is 34.8 Å². The first-order valence-electron chi connectivity index (χ1n) is 2.75. The molecule has 0 fully saturated rings. The van der Waals surface area contributed by atoms with Crippen molar-refractivity contribution in [3.05, 3.63) is 10.7 Å². The molecule has 56 valence electrons. The number of nitrogens with zero attached hydrogens (tertiary/aromatic N) is 1. The zero-order chi connectivity index (χ0) is 7.78. The van der Waals surface area contributed by atoms with Crippen LogP contribution >= 0.6 is 34.8 Å². The van der Waals surface area contributed by atoms with Gasteiger partial charge < -0.3 is 4.52 Å². The Balaban J connectivity index is 3.07. The molecule has 1 N–H and O–H groups in total. The lowest BCUT2D eigenvalue weighted by atomic mass is 10.2. The molecule has 0 unspecified atom stereocenters. The van der Waals surface area contributed by atoms with Gasteiger partial charge in [0.2, 0.25) is 0 Å². The van der Waals surface area contributed by atoms with E-state index in [2.05, 4.69) is 44.9 Å². The molecule has 5 heteroatoms.